The van der Waals surface area contributed by atoms with Crippen molar-refractivity contribution in [3.8, 4) is 0 Å². The second kappa shape index (κ2) is 43.1. The van der Waals surface area contributed by atoms with Crippen LogP contribution in [-0.4, -0.2) is 163 Å². The summed E-state index contributed by atoms with van der Waals surface area (Å²) in [5.74, 6) is -1.17. The van der Waals surface area contributed by atoms with Crippen LogP contribution in [0.1, 0.15) is 203 Å². The summed E-state index contributed by atoms with van der Waals surface area (Å²) in [7, 11) is 5.90. The van der Waals surface area contributed by atoms with E-state index in [9.17, 15) is 33.6 Å². The Labute approximate surface area is 572 Å². The van der Waals surface area contributed by atoms with Crippen LogP contribution in [0.2, 0.25) is 0 Å². The number of benzene rings is 5. The number of nitrogens with one attached hydrogen (secondary N) is 2. The molecule has 0 aromatic heterocycles. The predicted octanol–water partition coefficient (Wildman–Crippen LogP) is 13.9. The second-order valence-electron chi connectivity index (χ2n) is 24.0. The summed E-state index contributed by atoms with van der Waals surface area (Å²) in [5, 5.41) is 8.64. The van der Waals surface area contributed by atoms with Gasteiger partial charge in [-0.15, -0.1) is 12.4 Å². The third kappa shape index (κ3) is 22.6. The average molecular weight is 1410 g/mol. The van der Waals surface area contributed by atoms with Crippen molar-refractivity contribution in [3.63, 3.8) is 0 Å². The van der Waals surface area contributed by atoms with Crippen LogP contribution in [0.4, 0.5) is 0 Å². The van der Waals surface area contributed by atoms with Gasteiger partial charge >= 0.3 is 0 Å². The van der Waals surface area contributed by atoms with Crippen LogP contribution in [0.5, 0.6) is 0 Å². The Morgan fingerprint density at radius 3 is 1.02 bits per heavy atom. The molecule has 4 aliphatic heterocycles. The van der Waals surface area contributed by atoms with Crippen LogP contribution >= 0.6 is 44.3 Å². The van der Waals surface area contributed by atoms with Gasteiger partial charge in [-0.1, -0.05) is 226 Å². The monoisotopic (exact) mass is 1410 g/mol. The molecule has 1 atom stereocenters. The number of alkyl halides is 2. The molecule has 5 aromatic rings. The lowest BCUT2D eigenvalue weighted by atomic mass is 9.65. The standard InChI is InChI=1S/C33H44N4O4.C18H20N2O.C11H22Br2.C11H12N2O2.CH4.ClH/c1-34(22-24-36-30(38)26-16-10-11-17-27(26)31(36)39)20-14-8-6-4-3-5-7-9-15-21-35(2)23-25-37-32(40)28-18-12-13-19-29(28)33(37)41;19-17(21)18(16-11-12-20-13-16,14-7-3-1-4-8-14)15-9-5-2-6-10-15;12-10-8-6-4-2-1-3-5-7-9-11-13;1-12-6-7-13-10(14)8-4-2-3-5-9(8)11(13)15;;/h10-13,16-19H,3-9,14-15,20-25H2,1-2H3;1-10,16,20H,11-13H2,(H2,19,21);1-11H2;2-5,12H,6-7H2,1H3;1H4;1H/t;16-;;;;/m.1..../s1. The summed E-state index contributed by atoms with van der Waals surface area (Å²) in [6.07, 6.45) is 24.6. The molecule has 4 N–H and O–H groups in total. The minimum atomic E-state index is -0.758. The maximum atomic E-state index is 12.6. The third-order valence-electron chi connectivity index (χ3n) is 17.5. The molecule has 0 saturated carbocycles. The first-order chi connectivity index (χ1) is 43.8. The molecule has 0 unspecified atom stereocenters. The van der Waals surface area contributed by atoms with Crippen LogP contribution in [0.15, 0.2) is 133 Å². The summed E-state index contributed by atoms with van der Waals surface area (Å²) >= 11 is 6.91. The summed E-state index contributed by atoms with van der Waals surface area (Å²) in [6.45, 7) is 7.00. The molecule has 7 amide bonds. The number of nitrogens with zero attached hydrogens (tertiary/aromatic N) is 5. The lowest BCUT2D eigenvalue weighted by Crippen LogP contribution is -2.49. The summed E-state index contributed by atoms with van der Waals surface area (Å²) in [6, 6.07) is 40.9. The number of fused-ring (bicyclic) bond motifs is 3. The van der Waals surface area contributed by atoms with Gasteiger partial charge in [0.15, 0.2) is 0 Å². The van der Waals surface area contributed by atoms with Crippen molar-refractivity contribution in [2.75, 3.05) is 97.3 Å². The Morgan fingerprint density at radius 2 is 0.750 bits per heavy atom. The first-order valence-corrected chi connectivity index (χ1v) is 35.2. The molecule has 502 valence electrons. The lowest BCUT2D eigenvalue weighted by Gasteiger charge is -2.37. The molecular weight excluding hydrogens is 1310 g/mol. The van der Waals surface area contributed by atoms with Crippen molar-refractivity contribution in [3.05, 3.63) is 178 Å². The topological polar surface area (TPSA) is 186 Å². The van der Waals surface area contributed by atoms with Crippen molar-refractivity contribution in [1.29, 1.82) is 0 Å². The normalized spacial score (nSPS) is 14.6. The summed E-state index contributed by atoms with van der Waals surface area (Å²) in [4.78, 5) is 94.5. The van der Waals surface area contributed by atoms with Crippen molar-refractivity contribution in [2.24, 2.45) is 11.7 Å². The molecule has 1 saturated heterocycles. The minimum Gasteiger partial charge on any atom is -0.369 e. The number of carbonyl (C=O) groups is 7. The van der Waals surface area contributed by atoms with Crippen LogP contribution in [0.3, 0.4) is 0 Å². The quantitative estimate of drug-likeness (QED) is 0.0199. The van der Waals surface area contributed by atoms with Crippen molar-refractivity contribution < 1.29 is 33.6 Å². The maximum absolute atomic E-state index is 12.6. The number of imide groups is 3. The van der Waals surface area contributed by atoms with Gasteiger partial charge in [-0.2, -0.15) is 0 Å². The Balaban J connectivity index is 0.000000294. The molecule has 0 radical (unpaired) electrons. The second-order valence-corrected chi connectivity index (χ2v) is 25.6. The fraction of sp³-hybridized carbons (Fsp3) is 0.500. The number of primary amides is 1. The van der Waals surface area contributed by atoms with E-state index in [4.69, 9.17) is 5.73 Å². The molecule has 0 aliphatic carbocycles. The van der Waals surface area contributed by atoms with Gasteiger partial charge in [0.1, 0.15) is 5.41 Å². The van der Waals surface area contributed by atoms with E-state index >= 15 is 0 Å². The van der Waals surface area contributed by atoms with Gasteiger partial charge in [0.25, 0.3) is 35.4 Å². The van der Waals surface area contributed by atoms with E-state index in [1.54, 1.807) is 79.8 Å². The Bertz CT molecular complexity index is 2790. The molecule has 5 aromatic carbocycles. The van der Waals surface area contributed by atoms with Gasteiger partial charge in [-0.3, -0.25) is 48.3 Å². The average Bonchev–Trinajstić information content (AvgIpc) is 0.787. The maximum Gasteiger partial charge on any atom is 0.261 e. The molecule has 18 heteroatoms. The molecule has 1 fully saturated rings. The van der Waals surface area contributed by atoms with Gasteiger partial charge in [0, 0.05) is 49.9 Å². The highest BCUT2D eigenvalue weighted by atomic mass is 79.9. The van der Waals surface area contributed by atoms with E-state index in [2.05, 4.69) is 66.4 Å². The van der Waals surface area contributed by atoms with Crippen LogP contribution in [-0.2, 0) is 10.2 Å². The van der Waals surface area contributed by atoms with Crippen molar-refractivity contribution >= 4 is 85.6 Å². The number of carbonyl (C=O) groups excluding carboxylic acids is 7. The fourth-order valence-corrected chi connectivity index (χ4v) is 13.1. The van der Waals surface area contributed by atoms with Gasteiger partial charge < -0.3 is 26.2 Å². The summed E-state index contributed by atoms with van der Waals surface area (Å²) in [5.41, 5.74) is 10.3. The Kier molecular flexibility index (Phi) is 36.8. The van der Waals surface area contributed by atoms with E-state index in [0.29, 0.717) is 72.6 Å². The zero-order chi connectivity index (χ0) is 64.5. The Hall–Kier alpha value is -5.92. The number of amides is 7. The third-order valence-corrected chi connectivity index (χ3v) is 18.6. The number of rotatable bonds is 35. The van der Waals surface area contributed by atoms with E-state index in [-0.39, 0.29) is 67.1 Å². The fourth-order valence-electron chi connectivity index (χ4n) is 12.3. The van der Waals surface area contributed by atoms with Gasteiger partial charge in [-0.05, 0) is 133 Å². The van der Waals surface area contributed by atoms with E-state index < -0.39 is 5.41 Å². The van der Waals surface area contributed by atoms with E-state index in [1.807, 2.05) is 60.7 Å². The summed E-state index contributed by atoms with van der Waals surface area (Å²) < 4.78 is 0. The van der Waals surface area contributed by atoms with Gasteiger partial charge in [0.05, 0.1) is 33.4 Å². The molecule has 92 heavy (non-hydrogen) atoms. The molecule has 9 rings (SSSR count). The molecule has 4 aliphatic rings. The SMILES string of the molecule is BrCCCCCCCCCCCBr.C.CN(CCCCCCCCCCCN(C)CCN1C(=O)c2ccccc2C1=O)CCN1C(=O)c2ccccc2C1=O.CNCCN1C(=O)c2ccccc2C1=O.Cl.NC(=O)C(c1ccccc1)(c1ccccc1)[C@@H]1CCNC1. The Morgan fingerprint density at radius 1 is 0.467 bits per heavy atom. The zero-order valence-electron chi connectivity index (χ0n) is 54.0. The molecular formula is C74H103Br2ClN8O7. The first kappa shape index (κ1) is 78.5. The highest BCUT2D eigenvalue weighted by molar-refractivity contribution is 9.09. The molecule has 0 spiro atoms. The van der Waals surface area contributed by atoms with Crippen molar-refractivity contribution in [1.82, 2.24) is 35.1 Å². The molecule has 0 bridgehead atoms. The van der Waals surface area contributed by atoms with Crippen molar-refractivity contribution in [2.45, 2.75) is 135 Å². The zero-order valence-corrected chi connectivity index (χ0v) is 58.0. The highest BCUT2D eigenvalue weighted by Crippen LogP contribution is 2.42. The van der Waals surface area contributed by atoms with Gasteiger partial charge in [0.2, 0.25) is 5.91 Å². The number of halogens is 3. The highest BCUT2D eigenvalue weighted by Gasteiger charge is 2.48. The number of nitrogens with two attached hydrogens (primary N) is 1. The largest absolute Gasteiger partial charge is 0.369 e. The van der Waals surface area contributed by atoms with E-state index in [1.165, 1.54) is 128 Å². The molecule has 15 nitrogen and oxygen atoms in total. The van der Waals surface area contributed by atoms with E-state index in [0.717, 1.165) is 56.6 Å². The number of hydrogen-bond acceptors (Lipinski definition) is 11. The first-order valence-electron chi connectivity index (χ1n) is 32.9. The molecule has 4 heterocycles. The number of likely N-dealkylation sites (N-methyl/N-ethyl adjacent to an activating group) is 3. The lowest BCUT2D eigenvalue weighted by molar-refractivity contribution is -0.123. The predicted molar refractivity (Wildman–Crippen MR) is 383 cm³/mol. The number of hydrogen-bond donors (Lipinski definition) is 3. The van der Waals surface area contributed by atoms with Crippen LogP contribution in [0.25, 0.3) is 0 Å². The van der Waals surface area contributed by atoms with Gasteiger partial charge in [-0.25, -0.2) is 0 Å². The minimum absolute atomic E-state index is 0. The van der Waals surface area contributed by atoms with Crippen LogP contribution < -0.4 is 16.4 Å². The number of unbranched alkanes of at least 4 members (excludes halogenated alkanes) is 16. The smallest absolute Gasteiger partial charge is 0.261 e. The van der Waals surface area contributed by atoms with Crippen LogP contribution in [0, 0.1) is 5.92 Å².